The van der Waals surface area contributed by atoms with Gasteiger partial charge >= 0.3 is 6.03 Å². The van der Waals surface area contributed by atoms with Crippen LogP contribution < -0.4 is 10.6 Å². The first-order valence-electron chi connectivity index (χ1n) is 7.34. The lowest BCUT2D eigenvalue weighted by Gasteiger charge is -2.21. The third-order valence-corrected chi connectivity index (χ3v) is 5.26. The Morgan fingerprint density at radius 3 is 2.55 bits per heavy atom. The maximum atomic E-state index is 12.1. The maximum absolute atomic E-state index is 12.1. The fourth-order valence-electron chi connectivity index (χ4n) is 3.08. The molecule has 2 amide bonds. The van der Waals surface area contributed by atoms with E-state index in [9.17, 15) is 4.79 Å². The van der Waals surface area contributed by atoms with Crippen molar-refractivity contribution < 1.29 is 4.79 Å². The maximum Gasteiger partial charge on any atom is 0.321 e. The molecule has 2 N–H and O–H groups in total. The van der Waals surface area contributed by atoms with E-state index in [1.165, 1.54) is 17.1 Å². The lowest BCUT2D eigenvalue weighted by Crippen LogP contribution is -2.37. The number of anilines is 1. The highest BCUT2D eigenvalue weighted by atomic mass is 32.1. The summed E-state index contributed by atoms with van der Waals surface area (Å²) in [5, 5.41) is 6.25. The van der Waals surface area contributed by atoms with E-state index < -0.39 is 0 Å². The van der Waals surface area contributed by atoms with Crippen molar-refractivity contribution in [3.05, 3.63) is 41.7 Å². The summed E-state index contributed by atoms with van der Waals surface area (Å²) < 4.78 is 4.05. The van der Waals surface area contributed by atoms with E-state index in [0.717, 1.165) is 6.42 Å². The van der Waals surface area contributed by atoms with Gasteiger partial charge in [0.1, 0.15) is 5.82 Å². The molecule has 1 aliphatic carbocycles. The van der Waals surface area contributed by atoms with Gasteiger partial charge in [0.2, 0.25) is 5.13 Å². The first kappa shape index (κ1) is 15.0. The smallest absolute Gasteiger partial charge is 0.321 e. The van der Waals surface area contributed by atoms with E-state index in [-0.39, 0.29) is 16.9 Å². The number of benzene rings is 1. The van der Waals surface area contributed by atoms with Crippen molar-refractivity contribution in [2.45, 2.75) is 32.6 Å². The summed E-state index contributed by atoms with van der Waals surface area (Å²) in [6, 6.07) is 10.2. The Balaban J connectivity index is 1.65. The van der Waals surface area contributed by atoms with Gasteiger partial charge in [-0.1, -0.05) is 44.2 Å². The molecule has 116 valence electrons. The summed E-state index contributed by atoms with van der Waals surface area (Å²) in [6.45, 7) is 6.91. The minimum Gasteiger partial charge on any atom is -0.337 e. The monoisotopic (exact) mass is 316 g/mol. The lowest BCUT2D eigenvalue weighted by atomic mass is 9.88. The van der Waals surface area contributed by atoms with Crippen molar-refractivity contribution in [2.75, 3.05) is 11.9 Å². The Hall–Kier alpha value is -1.95. The van der Waals surface area contributed by atoms with Crippen LogP contribution in [0.2, 0.25) is 0 Å². The fraction of sp³-hybridized carbons (Fsp3) is 0.438. The number of carbonyl (C=O) groups excluding carboxylic acids is 1. The number of aromatic nitrogens is 2. The number of amides is 2. The van der Waals surface area contributed by atoms with Crippen molar-refractivity contribution in [1.82, 2.24) is 14.7 Å². The van der Waals surface area contributed by atoms with Crippen molar-refractivity contribution in [3.63, 3.8) is 0 Å². The molecular formula is C16H20N4OS. The molecule has 0 unspecified atom stereocenters. The fourth-order valence-corrected chi connectivity index (χ4v) is 3.66. The minimum absolute atomic E-state index is 0.0165. The second kappa shape index (κ2) is 5.35. The molecule has 0 saturated heterocycles. The molecule has 1 fully saturated rings. The summed E-state index contributed by atoms with van der Waals surface area (Å²) in [5.74, 6) is 0.671. The van der Waals surface area contributed by atoms with Crippen molar-refractivity contribution >= 4 is 22.7 Å². The molecule has 1 heterocycles. The molecule has 3 rings (SSSR count). The molecule has 0 aliphatic heterocycles. The molecule has 1 aromatic heterocycles. The van der Waals surface area contributed by atoms with Gasteiger partial charge in [-0.2, -0.15) is 4.37 Å². The highest BCUT2D eigenvalue weighted by Gasteiger charge is 2.61. The predicted molar refractivity (Wildman–Crippen MR) is 88.2 cm³/mol. The lowest BCUT2D eigenvalue weighted by molar-refractivity contribution is 0.250. The molecule has 22 heavy (non-hydrogen) atoms. The standard InChI is InChI=1S/C16H20N4OS/c1-11-18-14(22-20-11)19-13(21)17-10-16(9-15(16,2)3)12-7-5-4-6-8-12/h4-8H,9-10H2,1-3H3,(H2,17,18,19,20,21)/t16-/m1/s1. The first-order chi connectivity index (χ1) is 10.4. The van der Waals surface area contributed by atoms with Gasteiger partial charge in [-0.25, -0.2) is 9.78 Å². The van der Waals surface area contributed by atoms with Crippen LogP contribution >= 0.6 is 11.5 Å². The number of carbonyl (C=O) groups is 1. The number of hydrogen-bond acceptors (Lipinski definition) is 4. The average molecular weight is 316 g/mol. The molecule has 0 spiro atoms. The van der Waals surface area contributed by atoms with Crippen LogP contribution in [0, 0.1) is 12.3 Å². The number of hydrogen-bond donors (Lipinski definition) is 2. The van der Waals surface area contributed by atoms with Gasteiger partial charge in [-0.05, 0) is 24.3 Å². The number of nitrogens with one attached hydrogen (secondary N) is 2. The van der Waals surface area contributed by atoms with Crippen LogP contribution in [0.15, 0.2) is 30.3 Å². The van der Waals surface area contributed by atoms with Crippen LogP contribution in [0.4, 0.5) is 9.93 Å². The van der Waals surface area contributed by atoms with E-state index >= 15 is 0 Å². The van der Waals surface area contributed by atoms with Gasteiger partial charge in [-0.3, -0.25) is 5.32 Å². The molecule has 6 heteroatoms. The molecule has 1 saturated carbocycles. The Kier molecular flexibility index (Phi) is 3.64. The van der Waals surface area contributed by atoms with E-state index in [4.69, 9.17) is 0 Å². The van der Waals surface area contributed by atoms with E-state index in [1.54, 1.807) is 6.92 Å². The third kappa shape index (κ3) is 2.70. The Morgan fingerprint density at radius 2 is 2.00 bits per heavy atom. The minimum atomic E-state index is -0.228. The molecule has 1 atom stereocenters. The van der Waals surface area contributed by atoms with Crippen LogP contribution in [0.25, 0.3) is 0 Å². The Bertz CT molecular complexity index is 682. The average Bonchev–Trinajstić information content (AvgIpc) is 2.82. The zero-order valence-corrected chi connectivity index (χ0v) is 13.8. The first-order valence-corrected chi connectivity index (χ1v) is 8.11. The molecule has 1 aromatic carbocycles. The van der Waals surface area contributed by atoms with Crippen LogP contribution in [-0.2, 0) is 5.41 Å². The summed E-state index contributed by atoms with van der Waals surface area (Å²) in [5.41, 5.74) is 1.50. The van der Waals surface area contributed by atoms with Crippen molar-refractivity contribution in [3.8, 4) is 0 Å². The van der Waals surface area contributed by atoms with Crippen LogP contribution in [0.3, 0.4) is 0 Å². The van der Waals surface area contributed by atoms with Gasteiger partial charge in [0, 0.05) is 23.5 Å². The highest BCUT2D eigenvalue weighted by molar-refractivity contribution is 7.09. The number of rotatable bonds is 4. The third-order valence-electron chi connectivity index (χ3n) is 4.54. The topological polar surface area (TPSA) is 66.9 Å². The summed E-state index contributed by atoms with van der Waals surface area (Å²) >= 11 is 1.19. The van der Waals surface area contributed by atoms with Gasteiger partial charge in [0.25, 0.3) is 0 Å². The van der Waals surface area contributed by atoms with Gasteiger partial charge in [0.05, 0.1) is 0 Å². The van der Waals surface area contributed by atoms with Crippen LogP contribution in [-0.4, -0.2) is 21.9 Å². The highest BCUT2D eigenvalue weighted by Crippen LogP contribution is 2.63. The zero-order valence-electron chi connectivity index (χ0n) is 13.0. The normalized spacial score (nSPS) is 22.1. The summed E-state index contributed by atoms with van der Waals surface area (Å²) in [6.07, 6.45) is 1.07. The largest absolute Gasteiger partial charge is 0.337 e. The van der Waals surface area contributed by atoms with Gasteiger partial charge in [-0.15, -0.1) is 0 Å². The number of aryl methyl sites for hydroxylation is 1. The quantitative estimate of drug-likeness (QED) is 0.909. The SMILES string of the molecule is Cc1nsc(NC(=O)NC[C@@]2(c3ccccc3)CC2(C)C)n1. The summed E-state index contributed by atoms with van der Waals surface area (Å²) in [4.78, 5) is 16.2. The Morgan fingerprint density at radius 1 is 1.32 bits per heavy atom. The van der Waals surface area contributed by atoms with Crippen LogP contribution in [0.5, 0.6) is 0 Å². The molecule has 1 aliphatic rings. The molecule has 2 aromatic rings. The molecule has 5 nitrogen and oxygen atoms in total. The zero-order chi connectivity index (χ0) is 15.8. The summed E-state index contributed by atoms with van der Waals surface area (Å²) in [7, 11) is 0. The molecular weight excluding hydrogens is 296 g/mol. The molecule has 0 bridgehead atoms. The molecule has 0 radical (unpaired) electrons. The Labute approximate surface area is 134 Å². The van der Waals surface area contributed by atoms with Crippen LogP contribution in [0.1, 0.15) is 31.7 Å². The van der Waals surface area contributed by atoms with Crippen molar-refractivity contribution in [1.29, 1.82) is 0 Å². The van der Waals surface area contributed by atoms with E-state index in [0.29, 0.717) is 17.5 Å². The number of nitrogens with zero attached hydrogens (tertiary/aromatic N) is 2. The van der Waals surface area contributed by atoms with Gasteiger partial charge < -0.3 is 5.32 Å². The van der Waals surface area contributed by atoms with Crippen molar-refractivity contribution in [2.24, 2.45) is 5.41 Å². The van der Waals surface area contributed by atoms with E-state index in [1.807, 2.05) is 6.07 Å². The number of urea groups is 1. The predicted octanol–water partition coefficient (Wildman–Crippen LogP) is 3.34. The second-order valence-corrected chi connectivity index (χ2v) is 7.22. The second-order valence-electron chi connectivity index (χ2n) is 6.46. The van der Waals surface area contributed by atoms with E-state index in [2.05, 4.69) is 58.1 Å². The van der Waals surface area contributed by atoms with Gasteiger partial charge in [0.15, 0.2) is 0 Å².